The maximum Gasteiger partial charge on any atom is 0.293 e. The van der Waals surface area contributed by atoms with Crippen molar-refractivity contribution < 1.29 is 13.7 Å². The van der Waals surface area contributed by atoms with Crippen molar-refractivity contribution in [1.29, 1.82) is 0 Å². The third-order valence-corrected chi connectivity index (χ3v) is 2.69. The summed E-state index contributed by atoms with van der Waals surface area (Å²) in [6, 6.07) is 3.18. The molecule has 98 valence electrons. The van der Waals surface area contributed by atoms with Gasteiger partial charge in [-0.15, -0.1) is 0 Å². The van der Waals surface area contributed by atoms with Gasteiger partial charge >= 0.3 is 0 Å². The van der Waals surface area contributed by atoms with E-state index in [0.29, 0.717) is 24.0 Å². The molecular formula is C12H12N4O3. The second-order valence-corrected chi connectivity index (χ2v) is 4.02. The highest BCUT2D eigenvalue weighted by atomic mass is 16.5. The summed E-state index contributed by atoms with van der Waals surface area (Å²) < 4.78 is 10.2. The largest absolute Gasteiger partial charge is 0.459 e. The Hall–Kier alpha value is -2.41. The van der Waals surface area contributed by atoms with E-state index in [4.69, 9.17) is 8.94 Å². The van der Waals surface area contributed by atoms with Gasteiger partial charge in [0.15, 0.2) is 11.6 Å². The zero-order valence-corrected chi connectivity index (χ0v) is 10.00. The first kappa shape index (κ1) is 11.7. The Balaban J connectivity index is 1.58. The minimum Gasteiger partial charge on any atom is -0.459 e. The number of nitrogens with zero attached hydrogens (tertiary/aromatic N) is 2. The average Bonchev–Trinajstić information content (AvgIpc) is 3.14. The number of nitrogens with one attached hydrogen (secondary N) is 2. The second-order valence-electron chi connectivity index (χ2n) is 4.02. The first-order chi connectivity index (χ1) is 9.33. The minimum atomic E-state index is -0.281. The standard InChI is InChI=1S/C12H12N4O3/c17-11(8-3-1-5-13-8)14-7-10-15-12(19-16-10)9-4-2-6-18-9/h1-4,6,8,13H,5,7H2,(H,14,17)/t8-/m1/s1. The number of amides is 1. The molecule has 1 aliphatic heterocycles. The summed E-state index contributed by atoms with van der Waals surface area (Å²) in [4.78, 5) is 15.9. The van der Waals surface area contributed by atoms with Gasteiger partial charge in [0.1, 0.15) is 6.04 Å². The van der Waals surface area contributed by atoms with E-state index in [1.54, 1.807) is 12.1 Å². The fourth-order valence-electron chi connectivity index (χ4n) is 1.75. The van der Waals surface area contributed by atoms with Crippen molar-refractivity contribution in [3.63, 3.8) is 0 Å². The summed E-state index contributed by atoms with van der Waals surface area (Å²) in [6.45, 7) is 0.929. The average molecular weight is 260 g/mol. The second kappa shape index (κ2) is 5.07. The van der Waals surface area contributed by atoms with Gasteiger partial charge < -0.3 is 14.3 Å². The molecule has 7 heteroatoms. The number of rotatable bonds is 4. The Labute approximate surface area is 108 Å². The van der Waals surface area contributed by atoms with E-state index in [1.165, 1.54) is 6.26 Å². The van der Waals surface area contributed by atoms with Crippen LogP contribution in [0.2, 0.25) is 0 Å². The van der Waals surface area contributed by atoms with Crippen molar-refractivity contribution in [2.45, 2.75) is 12.6 Å². The van der Waals surface area contributed by atoms with Gasteiger partial charge in [-0.1, -0.05) is 17.3 Å². The van der Waals surface area contributed by atoms with Crippen molar-refractivity contribution in [2.24, 2.45) is 0 Å². The lowest BCUT2D eigenvalue weighted by molar-refractivity contribution is -0.122. The van der Waals surface area contributed by atoms with E-state index in [9.17, 15) is 4.79 Å². The number of furan rings is 1. The minimum absolute atomic E-state index is 0.113. The maximum atomic E-state index is 11.7. The monoisotopic (exact) mass is 260 g/mol. The summed E-state index contributed by atoms with van der Waals surface area (Å²) in [5.41, 5.74) is 0. The van der Waals surface area contributed by atoms with E-state index in [-0.39, 0.29) is 18.5 Å². The van der Waals surface area contributed by atoms with Crippen LogP contribution in [-0.4, -0.2) is 28.6 Å². The number of carbonyl (C=O) groups is 1. The first-order valence-electron chi connectivity index (χ1n) is 5.87. The summed E-state index contributed by atoms with van der Waals surface area (Å²) in [7, 11) is 0. The highest BCUT2D eigenvalue weighted by Crippen LogP contribution is 2.16. The molecule has 7 nitrogen and oxygen atoms in total. The van der Waals surface area contributed by atoms with Crippen molar-refractivity contribution in [3.05, 3.63) is 36.4 Å². The normalized spacial score (nSPS) is 17.8. The van der Waals surface area contributed by atoms with Crippen LogP contribution in [0.15, 0.2) is 39.5 Å². The molecule has 0 saturated heterocycles. The summed E-state index contributed by atoms with van der Waals surface area (Å²) in [6.07, 6.45) is 5.26. The third kappa shape index (κ3) is 2.55. The lowest BCUT2D eigenvalue weighted by atomic mass is 10.3. The van der Waals surface area contributed by atoms with Gasteiger partial charge in [0.05, 0.1) is 12.8 Å². The van der Waals surface area contributed by atoms with Crippen LogP contribution in [0.3, 0.4) is 0 Å². The maximum absolute atomic E-state index is 11.7. The predicted molar refractivity (Wildman–Crippen MR) is 64.8 cm³/mol. The molecule has 0 fully saturated rings. The van der Waals surface area contributed by atoms with Crippen LogP contribution in [-0.2, 0) is 11.3 Å². The van der Waals surface area contributed by atoms with Crippen LogP contribution < -0.4 is 10.6 Å². The summed E-state index contributed by atoms with van der Waals surface area (Å²) >= 11 is 0. The quantitative estimate of drug-likeness (QED) is 0.776. The number of hydrogen-bond donors (Lipinski definition) is 2. The van der Waals surface area contributed by atoms with E-state index in [1.807, 2.05) is 12.2 Å². The molecule has 0 saturated carbocycles. The van der Waals surface area contributed by atoms with Gasteiger partial charge in [-0.2, -0.15) is 4.98 Å². The smallest absolute Gasteiger partial charge is 0.293 e. The lowest BCUT2D eigenvalue weighted by Crippen LogP contribution is -2.40. The Morgan fingerprint density at radius 3 is 3.26 bits per heavy atom. The van der Waals surface area contributed by atoms with Gasteiger partial charge in [0.25, 0.3) is 5.89 Å². The van der Waals surface area contributed by atoms with Crippen LogP contribution in [0, 0.1) is 0 Å². The first-order valence-corrected chi connectivity index (χ1v) is 5.87. The zero-order chi connectivity index (χ0) is 13.1. The van der Waals surface area contributed by atoms with Gasteiger partial charge in [-0.25, -0.2) is 0 Å². The molecule has 3 rings (SSSR count). The predicted octanol–water partition coefficient (Wildman–Crippen LogP) is 0.474. The molecule has 0 radical (unpaired) electrons. The van der Waals surface area contributed by atoms with Crippen LogP contribution in [0.4, 0.5) is 0 Å². The third-order valence-electron chi connectivity index (χ3n) is 2.69. The highest BCUT2D eigenvalue weighted by Gasteiger charge is 2.18. The van der Waals surface area contributed by atoms with Crippen molar-refractivity contribution >= 4 is 5.91 Å². The van der Waals surface area contributed by atoms with Crippen LogP contribution >= 0.6 is 0 Å². The number of hydrogen-bond acceptors (Lipinski definition) is 6. The van der Waals surface area contributed by atoms with Gasteiger partial charge in [-0.3, -0.25) is 10.1 Å². The Morgan fingerprint density at radius 2 is 2.53 bits per heavy atom. The SMILES string of the molecule is O=C(NCc1noc(-c2ccco2)n1)[C@H]1C=CCN1. The van der Waals surface area contributed by atoms with Gasteiger partial charge in [0, 0.05) is 6.54 Å². The molecule has 19 heavy (non-hydrogen) atoms. The van der Waals surface area contributed by atoms with E-state index in [0.717, 1.165) is 0 Å². The van der Waals surface area contributed by atoms with Gasteiger partial charge in [-0.05, 0) is 12.1 Å². The molecule has 0 bridgehead atoms. The Kier molecular flexibility index (Phi) is 3.11. The Morgan fingerprint density at radius 1 is 1.58 bits per heavy atom. The number of aromatic nitrogens is 2. The van der Waals surface area contributed by atoms with E-state index in [2.05, 4.69) is 20.8 Å². The van der Waals surface area contributed by atoms with Gasteiger partial charge in [0.2, 0.25) is 5.91 Å². The number of carbonyl (C=O) groups excluding carboxylic acids is 1. The van der Waals surface area contributed by atoms with E-state index < -0.39 is 0 Å². The molecule has 1 aliphatic rings. The van der Waals surface area contributed by atoms with Crippen LogP contribution in [0.25, 0.3) is 11.7 Å². The lowest BCUT2D eigenvalue weighted by Gasteiger charge is -2.08. The molecule has 3 heterocycles. The molecule has 1 amide bonds. The molecule has 2 N–H and O–H groups in total. The molecule has 0 spiro atoms. The molecule has 2 aromatic heterocycles. The van der Waals surface area contributed by atoms with Crippen molar-refractivity contribution in [2.75, 3.05) is 6.54 Å². The molecule has 2 aromatic rings. The van der Waals surface area contributed by atoms with E-state index >= 15 is 0 Å². The molecule has 0 unspecified atom stereocenters. The summed E-state index contributed by atoms with van der Waals surface area (Å²) in [5, 5.41) is 9.52. The zero-order valence-electron chi connectivity index (χ0n) is 10.00. The fraction of sp³-hybridized carbons (Fsp3) is 0.250. The fourth-order valence-corrected chi connectivity index (χ4v) is 1.75. The molecule has 0 aromatic carbocycles. The van der Waals surface area contributed by atoms with Crippen molar-refractivity contribution in [1.82, 2.24) is 20.8 Å². The topological polar surface area (TPSA) is 93.2 Å². The molecular weight excluding hydrogens is 248 g/mol. The summed E-state index contributed by atoms with van der Waals surface area (Å²) in [5.74, 6) is 1.10. The van der Waals surface area contributed by atoms with Crippen molar-refractivity contribution in [3.8, 4) is 11.7 Å². The van der Waals surface area contributed by atoms with Crippen LogP contribution in [0.5, 0.6) is 0 Å². The highest BCUT2D eigenvalue weighted by molar-refractivity contribution is 5.84. The molecule has 1 atom stereocenters. The molecule has 0 aliphatic carbocycles. The Bertz CT molecular complexity index is 588. The van der Waals surface area contributed by atoms with Crippen LogP contribution in [0.1, 0.15) is 5.82 Å².